The molecule has 1 saturated heterocycles. The number of hydrogen-bond donors (Lipinski definition) is 3. The number of primary amides is 1. The highest BCUT2D eigenvalue weighted by Gasteiger charge is 2.31. The Morgan fingerprint density at radius 3 is 2.80 bits per heavy atom. The molecule has 0 saturated carbocycles. The van der Waals surface area contributed by atoms with Gasteiger partial charge < -0.3 is 21.1 Å². The van der Waals surface area contributed by atoms with E-state index in [1.807, 2.05) is 0 Å². The molecule has 1 aromatic heterocycles. The van der Waals surface area contributed by atoms with Crippen molar-refractivity contribution in [1.29, 1.82) is 0 Å². The maximum Gasteiger partial charge on any atom is 0.327 e. The lowest BCUT2D eigenvalue weighted by molar-refractivity contribution is -0.138. The van der Waals surface area contributed by atoms with Gasteiger partial charge in [0.15, 0.2) is 0 Å². The van der Waals surface area contributed by atoms with Gasteiger partial charge in [-0.1, -0.05) is 0 Å². The van der Waals surface area contributed by atoms with E-state index in [0.717, 1.165) is 5.69 Å². The van der Waals surface area contributed by atoms with Crippen molar-refractivity contribution >= 4 is 17.6 Å². The number of rotatable bonds is 3. The normalized spacial score (nSPS) is 18.9. The Morgan fingerprint density at radius 1 is 1.50 bits per heavy atom. The van der Waals surface area contributed by atoms with Crippen LogP contribution in [0.1, 0.15) is 21.7 Å². The van der Waals surface area contributed by atoms with Crippen LogP contribution in [-0.2, 0) is 4.79 Å². The van der Waals surface area contributed by atoms with Gasteiger partial charge in [0.2, 0.25) is 0 Å². The summed E-state index contributed by atoms with van der Waals surface area (Å²) < 4.78 is 0. The molecule has 1 aliphatic heterocycles. The molecular weight excluding hydrogens is 260 g/mol. The fourth-order valence-corrected chi connectivity index (χ4v) is 2.55. The van der Waals surface area contributed by atoms with Crippen LogP contribution in [0, 0.1) is 13.8 Å². The molecule has 1 fully saturated rings. The average molecular weight is 278 g/mol. The first-order valence-electron chi connectivity index (χ1n) is 6.40. The fraction of sp³-hybridized carbons (Fsp3) is 0.462. The van der Waals surface area contributed by atoms with Crippen molar-refractivity contribution in [1.82, 2.24) is 10.3 Å². The SMILES string of the molecule is Cc1cc(N2CCNCC2C(=O)O)c(C(N)=O)c(C)n1. The summed E-state index contributed by atoms with van der Waals surface area (Å²) in [5.74, 6) is -1.52. The molecule has 1 unspecified atom stereocenters. The van der Waals surface area contributed by atoms with Gasteiger partial charge in [0, 0.05) is 25.3 Å². The molecule has 1 aromatic rings. The third-order valence-corrected chi connectivity index (χ3v) is 3.39. The maximum atomic E-state index is 11.7. The van der Waals surface area contributed by atoms with Crippen LogP contribution in [0.4, 0.5) is 5.69 Å². The number of pyridine rings is 1. The van der Waals surface area contributed by atoms with Gasteiger partial charge in [-0.2, -0.15) is 0 Å². The van der Waals surface area contributed by atoms with Gasteiger partial charge in [0.05, 0.1) is 16.9 Å². The molecule has 7 heteroatoms. The molecule has 4 N–H and O–H groups in total. The number of carboxylic acids is 1. The summed E-state index contributed by atoms with van der Waals surface area (Å²) in [4.78, 5) is 29.0. The summed E-state index contributed by atoms with van der Waals surface area (Å²) in [5.41, 5.74) is 7.52. The number of nitrogens with two attached hydrogens (primary N) is 1. The Hall–Kier alpha value is -2.15. The van der Waals surface area contributed by atoms with E-state index in [4.69, 9.17) is 5.73 Å². The van der Waals surface area contributed by atoms with E-state index in [0.29, 0.717) is 36.6 Å². The third-order valence-electron chi connectivity index (χ3n) is 3.39. The van der Waals surface area contributed by atoms with Gasteiger partial charge in [-0.25, -0.2) is 4.79 Å². The van der Waals surface area contributed by atoms with E-state index in [-0.39, 0.29) is 0 Å². The molecule has 7 nitrogen and oxygen atoms in total. The van der Waals surface area contributed by atoms with Crippen LogP contribution in [0.15, 0.2) is 6.07 Å². The average Bonchev–Trinajstić information content (AvgIpc) is 2.37. The molecule has 2 rings (SSSR count). The van der Waals surface area contributed by atoms with Gasteiger partial charge in [-0.15, -0.1) is 0 Å². The van der Waals surface area contributed by atoms with E-state index in [2.05, 4.69) is 10.3 Å². The first-order valence-corrected chi connectivity index (χ1v) is 6.40. The first kappa shape index (κ1) is 14.3. The number of amides is 1. The molecule has 0 radical (unpaired) electrons. The Bertz CT molecular complexity index is 559. The summed E-state index contributed by atoms with van der Waals surface area (Å²) in [7, 11) is 0. The van der Waals surface area contributed by atoms with Gasteiger partial charge in [-0.05, 0) is 19.9 Å². The molecule has 1 aliphatic rings. The predicted molar refractivity (Wildman–Crippen MR) is 73.9 cm³/mol. The van der Waals surface area contributed by atoms with E-state index in [9.17, 15) is 14.7 Å². The zero-order valence-electron chi connectivity index (χ0n) is 11.5. The number of nitrogens with zero attached hydrogens (tertiary/aromatic N) is 2. The monoisotopic (exact) mass is 278 g/mol. The number of aromatic nitrogens is 1. The third kappa shape index (κ3) is 2.57. The van der Waals surface area contributed by atoms with Crippen LogP contribution in [0.3, 0.4) is 0 Å². The van der Waals surface area contributed by atoms with E-state index < -0.39 is 17.9 Å². The Kier molecular flexibility index (Phi) is 3.89. The second-order valence-electron chi connectivity index (χ2n) is 4.86. The van der Waals surface area contributed by atoms with Gasteiger partial charge >= 0.3 is 5.97 Å². The topological polar surface area (TPSA) is 109 Å². The smallest absolute Gasteiger partial charge is 0.327 e. The van der Waals surface area contributed by atoms with E-state index >= 15 is 0 Å². The number of aryl methyl sites for hydroxylation is 2. The van der Waals surface area contributed by atoms with Crippen LogP contribution in [0.2, 0.25) is 0 Å². The molecule has 1 atom stereocenters. The minimum Gasteiger partial charge on any atom is -0.480 e. The largest absolute Gasteiger partial charge is 0.480 e. The number of carbonyl (C=O) groups excluding carboxylic acids is 1. The van der Waals surface area contributed by atoms with Crippen molar-refractivity contribution in [2.45, 2.75) is 19.9 Å². The number of carboxylic acid groups (broad SMARTS) is 1. The van der Waals surface area contributed by atoms with Crippen molar-refractivity contribution in [2.24, 2.45) is 5.73 Å². The van der Waals surface area contributed by atoms with Crippen LogP contribution in [0.25, 0.3) is 0 Å². The van der Waals surface area contributed by atoms with Crippen molar-refractivity contribution in [2.75, 3.05) is 24.5 Å². The standard InChI is InChI=1S/C13H18N4O3/c1-7-5-9(11(12(14)18)8(2)16-7)17-4-3-15-6-10(17)13(19)20/h5,10,15H,3-4,6H2,1-2H3,(H2,14,18)(H,19,20). The van der Waals surface area contributed by atoms with Crippen LogP contribution in [-0.4, -0.2) is 47.6 Å². The lowest BCUT2D eigenvalue weighted by Gasteiger charge is -2.36. The van der Waals surface area contributed by atoms with Crippen molar-refractivity contribution in [3.63, 3.8) is 0 Å². The summed E-state index contributed by atoms with van der Waals surface area (Å²) in [6.45, 7) is 4.99. The maximum absolute atomic E-state index is 11.7. The summed E-state index contributed by atoms with van der Waals surface area (Å²) in [6, 6.07) is 0.997. The summed E-state index contributed by atoms with van der Waals surface area (Å²) in [6.07, 6.45) is 0. The number of anilines is 1. The van der Waals surface area contributed by atoms with Crippen molar-refractivity contribution in [3.8, 4) is 0 Å². The molecule has 0 aromatic carbocycles. The molecule has 20 heavy (non-hydrogen) atoms. The number of aliphatic carboxylic acids is 1. The second-order valence-corrected chi connectivity index (χ2v) is 4.86. The number of piperazine rings is 1. The minimum atomic E-state index is -0.931. The first-order chi connectivity index (χ1) is 9.41. The molecule has 0 spiro atoms. The number of nitrogens with one attached hydrogen (secondary N) is 1. The second kappa shape index (κ2) is 5.46. The minimum absolute atomic E-state index is 0.295. The molecule has 108 valence electrons. The van der Waals surface area contributed by atoms with Crippen LogP contribution >= 0.6 is 0 Å². The lowest BCUT2D eigenvalue weighted by atomic mass is 10.1. The van der Waals surface area contributed by atoms with E-state index in [1.54, 1.807) is 24.8 Å². The highest BCUT2D eigenvalue weighted by atomic mass is 16.4. The van der Waals surface area contributed by atoms with Crippen molar-refractivity contribution in [3.05, 3.63) is 23.0 Å². The zero-order valence-corrected chi connectivity index (χ0v) is 11.5. The molecule has 0 bridgehead atoms. The van der Waals surface area contributed by atoms with Gasteiger partial charge in [0.1, 0.15) is 6.04 Å². The zero-order chi connectivity index (χ0) is 14.9. The Balaban J connectivity index is 2.54. The summed E-state index contributed by atoms with van der Waals surface area (Å²) in [5, 5.41) is 12.4. The Morgan fingerprint density at radius 2 is 2.20 bits per heavy atom. The molecule has 1 amide bonds. The fourth-order valence-electron chi connectivity index (χ4n) is 2.55. The number of hydrogen-bond acceptors (Lipinski definition) is 5. The van der Waals surface area contributed by atoms with Crippen LogP contribution in [0.5, 0.6) is 0 Å². The van der Waals surface area contributed by atoms with E-state index in [1.165, 1.54) is 0 Å². The highest BCUT2D eigenvalue weighted by Crippen LogP contribution is 2.26. The molecule has 0 aliphatic carbocycles. The van der Waals surface area contributed by atoms with Gasteiger partial charge in [-0.3, -0.25) is 9.78 Å². The molecule has 2 heterocycles. The van der Waals surface area contributed by atoms with Crippen molar-refractivity contribution < 1.29 is 14.7 Å². The quantitative estimate of drug-likeness (QED) is 0.698. The highest BCUT2D eigenvalue weighted by molar-refractivity contribution is 6.00. The summed E-state index contributed by atoms with van der Waals surface area (Å²) >= 11 is 0. The lowest BCUT2D eigenvalue weighted by Crippen LogP contribution is -2.55. The number of carbonyl (C=O) groups is 2. The van der Waals surface area contributed by atoms with Crippen LogP contribution < -0.4 is 16.0 Å². The molecular formula is C13H18N4O3. The Labute approximate surface area is 116 Å². The predicted octanol–water partition coefficient (Wildman–Crippen LogP) is -0.340. The van der Waals surface area contributed by atoms with Gasteiger partial charge in [0.25, 0.3) is 5.91 Å².